The fourth-order valence-corrected chi connectivity index (χ4v) is 0. The van der Waals surface area contributed by atoms with Crippen LogP contribution in [-0.2, 0) is 50.3 Å². The van der Waals surface area contributed by atoms with Gasteiger partial charge in [-0.1, -0.05) is 0 Å². The summed E-state index contributed by atoms with van der Waals surface area (Å²) in [4.78, 5) is 0. The molecule has 0 rings (SSSR count). The minimum atomic E-state index is 0. The summed E-state index contributed by atoms with van der Waals surface area (Å²) in [7, 11) is 0. The van der Waals surface area contributed by atoms with Crippen molar-refractivity contribution in [2.45, 2.75) is 0 Å². The van der Waals surface area contributed by atoms with Gasteiger partial charge in [-0.2, -0.15) is 0 Å². The van der Waals surface area contributed by atoms with Crippen molar-refractivity contribution < 1.29 is 50.3 Å². The fourth-order valence-electron chi connectivity index (χ4n) is 0. The summed E-state index contributed by atoms with van der Waals surface area (Å²) in [6.07, 6.45) is 0. The molecule has 0 saturated heterocycles. The molecule has 0 aromatic heterocycles. The first kappa shape index (κ1) is 42.3. The Morgan fingerprint density at radius 3 is 1.00 bits per heavy atom. The van der Waals surface area contributed by atoms with Crippen molar-refractivity contribution in [1.29, 1.82) is 0 Å². The van der Waals surface area contributed by atoms with Crippen molar-refractivity contribution in [3.05, 3.63) is 0 Å². The normalized spacial score (nSPS) is 0. The molecule has 0 aliphatic rings. The maximum Gasteiger partial charge on any atom is 0 e. The van der Waals surface area contributed by atoms with E-state index in [1.807, 2.05) is 0 Å². The number of hydrogen-bond acceptors (Lipinski definition) is 0. The molecular formula is H2CoLiMnNaNi. The van der Waals surface area contributed by atoms with Crippen LogP contribution in [0.1, 0.15) is 0 Å². The Morgan fingerprint density at radius 1 is 1.00 bits per heavy atom. The zero-order valence-corrected chi connectivity index (χ0v) is 4.24. The van der Waals surface area contributed by atoms with Gasteiger partial charge in [-0.05, 0) is 0 Å². The van der Waals surface area contributed by atoms with Crippen LogP contribution in [0, 0.1) is 0 Å². The van der Waals surface area contributed by atoms with E-state index >= 15 is 0 Å². The molecule has 0 aromatic carbocycles. The maximum absolute atomic E-state index is 0. The summed E-state index contributed by atoms with van der Waals surface area (Å²) in [6, 6.07) is 0. The largest absolute Gasteiger partial charge is 0 e. The van der Waals surface area contributed by atoms with Crippen molar-refractivity contribution in [1.82, 2.24) is 0 Å². The van der Waals surface area contributed by atoms with Crippen molar-refractivity contribution in [2.24, 2.45) is 0 Å². The Hall–Kier alpha value is 3.12. The van der Waals surface area contributed by atoms with E-state index in [0.29, 0.717) is 0 Å². The van der Waals surface area contributed by atoms with Gasteiger partial charge in [-0.3, -0.25) is 0 Å². The zero-order chi connectivity index (χ0) is 0. The smallest absolute Gasteiger partial charge is 0 e. The molecule has 5 heavy (non-hydrogen) atoms. The average molecular weight is 205 g/mol. The molecule has 5 heteroatoms. The third kappa shape index (κ3) is 19.2. The van der Waals surface area contributed by atoms with E-state index in [4.69, 9.17) is 0 Å². The second-order valence-corrected chi connectivity index (χ2v) is 0. The monoisotopic (exact) mass is 204 g/mol. The molecule has 0 N–H and O–H groups in total. The van der Waals surface area contributed by atoms with Gasteiger partial charge in [0.15, 0.2) is 0 Å². The predicted octanol–water partition coefficient (Wildman–Crippen LogP) is -1.30. The van der Waals surface area contributed by atoms with Gasteiger partial charge in [-0.25, -0.2) is 0 Å². The van der Waals surface area contributed by atoms with E-state index in [1.165, 1.54) is 0 Å². The molecule has 0 amide bonds. The van der Waals surface area contributed by atoms with Crippen LogP contribution >= 0.6 is 0 Å². The summed E-state index contributed by atoms with van der Waals surface area (Å²) in [5, 5.41) is 0. The Morgan fingerprint density at radius 2 is 1.00 bits per heavy atom. The average Bonchev–Trinajstić information content (AvgIpc) is 0. The molecule has 0 unspecified atom stereocenters. The molecule has 0 aliphatic carbocycles. The Kier molecular flexibility index (Phi) is 232. The molecule has 0 aromatic rings. The molecule has 0 fully saturated rings. The van der Waals surface area contributed by atoms with Crippen LogP contribution in [0.2, 0.25) is 0 Å². The third-order valence-electron chi connectivity index (χ3n) is 0. The van der Waals surface area contributed by atoms with Crippen LogP contribution in [-0.4, -0.2) is 48.4 Å². The second-order valence-electron chi connectivity index (χ2n) is 0. The van der Waals surface area contributed by atoms with Crippen LogP contribution in [0.5, 0.6) is 0 Å². The van der Waals surface area contributed by atoms with Crippen LogP contribution in [0.25, 0.3) is 0 Å². The number of rotatable bonds is 0. The minimum Gasteiger partial charge on any atom is 0 e. The summed E-state index contributed by atoms with van der Waals surface area (Å²) < 4.78 is 0. The van der Waals surface area contributed by atoms with E-state index in [1.54, 1.807) is 0 Å². The fraction of sp³-hybridized carbons (Fsp3) is 0. The molecule has 30 valence electrons. The predicted molar refractivity (Wildman–Crippen MR) is 14.3 cm³/mol. The van der Waals surface area contributed by atoms with Crippen molar-refractivity contribution in [3.63, 3.8) is 0 Å². The molecule has 0 saturated carbocycles. The first-order valence-electron chi connectivity index (χ1n) is 0. The Balaban J connectivity index is 0. The van der Waals surface area contributed by atoms with Crippen molar-refractivity contribution in [2.75, 3.05) is 0 Å². The molecule has 0 nitrogen and oxygen atoms in total. The Bertz CT molecular complexity index is 11.6. The van der Waals surface area contributed by atoms with E-state index in [-0.39, 0.29) is 98.8 Å². The van der Waals surface area contributed by atoms with Gasteiger partial charge in [0.25, 0.3) is 0 Å². The number of hydrogen-bond donors (Lipinski definition) is 0. The molecule has 0 aliphatic heterocycles. The standard InChI is InChI=1S/Co.Li.Mn.Na.Ni.2H. The van der Waals surface area contributed by atoms with Crippen molar-refractivity contribution >= 4 is 48.4 Å². The van der Waals surface area contributed by atoms with Gasteiger partial charge in [0.2, 0.25) is 0 Å². The Labute approximate surface area is 97.0 Å². The van der Waals surface area contributed by atoms with Gasteiger partial charge in [0.05, 0.1) is 0 Å². The van der Waals surface area contributed by atoms with Crippen LogP contribution in [0.3, 0.4) is 0 Å². The SMILES string of the molecule is [Co].[LiH].[Mn].[NaH].[Ni]. The molecule has 0 spiro atoms. The molecule has 0 heterocycles. The first-order chi connectivity index (χ1) is 0. The van der Waals surface area contributed by atoms with Crippen molar-refractivity contribution in [3.8, 4) is 0 Å². The zero-order valence-electron chi connectivity index (χ0n) is 1.03. The van der Waals surface area contributed by atoms with Gasteiger partial charge >= 0.3 is 48.4 Å². The van der Waals surface area contributed by atoms with Gasteiger partial charge in [0, 0.05) is 50.3 Å². The van der Waals surface area contributed by atoms with E-state index in [0.717, 1.165) is 0 Å². The summed E-state index contributed by atoms with van der Waals surface area (Å²) >= 11 is 0. The summed E-state index contributed by atoms with van der Waals surface area (Å²) in [5.41, 5.74) is 0. The molecule has 0 bridgehead atoms. The van der Waals surface area contributed by atoms with E-state index in [9.17, 15) is 0 Å². The maximum atomic E-state index is 0. The summed E-state index contributed by atoms with van der Waals surface area (Å²) in [5.74, 6) is 0. The second kappa shape index (κ2) is 27.4. The molecular weight excluding hydrogens is 202 g/mol. The molecule has 0 atom stereocenters. The van der Waals surface area contributed by atoms with Gasteiger partial charge in [-0.15, -0.1) is 0 Å². The topological polar surface area (TPSA) is 0 Å². The quantitative estimate of drug-likeness (QED) is 0.430. The van der Waals surface area contributed by atoms with Crippen LogP contribution in [0.4, 0.5) is 0 Å². The third-order valence-corrected chi connectivity index (χ3v) is 0. The first-order valence-corrected chi connectivity index (χ1v) is 0. The van der Waals surface area contributed by atoms with Crippen LogP contribution in [0.15, 0.2) is 0 Å². The van der Waals surface area contributed by atoms with Gasteiger partial charge in [0.1, 0.15) is 0 Å². The molecule has 2 radical (unpaired) electrons. The van der Waals surface area contributed by atoms with E-state index < -0.39 is 0 Å². The van der Waals surface area contributed by atoms with E-state index in [2.05, 4.69) is 0 Å². The van der Waals surface area contributed by atoms with Gasteiger partial charge < -0.3 is 0 Å². The summed E-state index contributed by atoms with van der Waals surface area (Å²) in [6.45, 7) is 0. The van der Waals surface area contributed by atoms with Crippen LogP contribution < -0.4 is 0 Å². The minimum absolute atomic E-state index is 0.